The Kier molecular flexibility index (Phi) is 6.50. The molecule has 160 valence electrons. The van der Waals surface area contributed by atoms with E-state index in [9.17, 15) is 21.6 Å². The van der Waals surface area contributed by atoms with E-state index in [2.05, 4.69) is 14.4 Å². The third-order valence-electron chi connectivity index (χ3n) is 3.87. The molecule has 12 heteroatoms. The van der Waals surface area contributed by atoms with Gasteiger partial charge in [-0.3, -0.25) is 0 Å². The summed E-state index contributed by atoms with van der Waals surface area (Å²) in [5, 5.41) is 2.95. The Morgan fingerprint density at radius 2 is 1.93 bits per heavy atom. The van der Waals surface area contributed by atoms with E-state index in [1.807, 2.05) is 0 Å². The summed E-state index contributed by atoms with van der Waals surface area (Å²) in [4.78, 5) is 11.9. The number of esters is 1. The van der Waals surface area contributed by atoms with Crippen molar-refractivity contribution in [3.8, 4) is 0 Å². The van der Waals surface area contributed by atoms with Crippen molar-refractivity contribution < 1.29 is 26.4 Å². The first-order chi connectivity index (χ1) is 14.2. The number of fused-ring (bicyclic) bond motifs is 1. The zero-order chi connectivity index (χ0) is 21.9. The average molecular weight is 470 g/mol. The highest BCUT2D eigenvalue weighted by Crippen LogP contribution is 2.36. The van der Waals surface area contributed by atoms with Gasteiger partial charge >= 0.3 is 5.97 Å². The van der Waals surface area contributed by atoms with Gasteiger partial charge in [0.05, 0.1) is 17.1 Å². The van der Waals surface area contributed by atoms with Gasteiger partial charge in [-0.15, -0.1) is 4.40 Å². The monoisotopic (exact) mass is 469 g/mol. The van der Waals surface area contributed by atoms with Crippen molar-refractivity contribution in [3.05, 3.63) is 48.0 Å². The lowest BCUT2D eigenvalue weighted by atomic mass is 10.2. The Morgan fingerprint density at radius 1 is 1.17 bits per heavy atom. The molecule has 0 unspecified atom stereocenters. The lowest BCUT2D eigenvalue weighted by Gasteiger charge is -2.17. The maximum Gasteiger partial charge on any atom is 0.338 e. The number of benzene rings is 2. The Balaban J connectivity index is 1.90. The van der Waals surface area contributed by atoms with E-state index in [0.29, 0.717) is 16.1 Å². The van der Waals surface area contributed by atoms with E-state index in [1.165, 1.54) is 18.2 Å². The number of nitrogens with one attached hydrogen (secondary N) is 2. The van der Waals surface area contributed by atoms with Crippen LogP contribution >= 0.6 is 11.8 Å². The number of anilines is 1. The van der Waals surface area contributed by atoms with Crippen LogP contribution in [0.15, 0.2) is 61.5 Å². The minimum absolute atomic E-state index is 0.0748. The zero-order valence-electron chi connectivity index (χ0n) is 16.1. The molecule has 0 aliphatic carbocycles. The van der Waals surface area contributed by atoms with Gasteiger partial charge in [0.2, 0.25) is 10.0 Å². The van der Waals surface area contributed by atoms with Crippen molar-refractivity contribution >= 4 is 48.6 Å². The Bertz CT molecular complexity index is 1220. The van der Waals surface area contributed by atoms with Gasteiger partial charge < -0.3 is 10.1 Å². The number of thioether (sulfide) groups is 1. The fourth-order valence-corrected chi connectivity index (χ4v) is 6.27. The third-order valence-corrected chi connectivity index (χ3v) is 7.94. The van der Waals surface area contributed by atoms with Crippen molar-refractivity contribution in [1.29, 1.82) is 0 Å². The number of hydrogen-bond donors (Lipinski definition) is 2. The van der Waals surface area contributed by atoms with Crippen molar-refractivity contribution in [3.63, 3.8) is 0 Å². The summed E-state index contributed by atoms with van der Waals surface area (Å²) in [6, 6.07) is 10.2. The normalized spacial score (nSPS) is 15.1. The smallest absolute Gasteiger partial charge is 0.338 e. The molecule has 0 radical (unpaired) electrons. The highest BCUT2D eigenvalue weighted by molar-refractivity contribution is 8.15. The molecule has 1 aliphatic heterocycles. The quantitative estimate of drug-likeness (QED) is 0.617. The summed E-state index contributed by atoms with van der Waals surface area (Å²) in [5.74, 6) is -0.494. The number of sulfonamides is 2. The molecular formula is C18H19N3O6S3. The van der Waals surface area contributed by atoms with E-state index in [1.54, 1.807) is 32.0 Å². The molecule has 1 heterocycles. The van der Waals surface area contributed by atoms with Crippen LogP contribution in [-0.2, 0) is 24.8 Å². The topological polar surface area (TPSA) is 131 Å². The number of nitrogens with zero attached hydrogens (tertiary/aromatic N) is 1. The molecule has 9 nitrogen and oxygen atoms in total. The predicted molar refractivity (Wildman–Crippen MR) is 114 cm³/mol. The van der Waals surface area contributed by atoms with Gasteiger partial charge in [0.1, 0.15) is 4.90 Å². The largest absolute Gasteiger partial charge is 0.462 e. The minimum Gasteiger partial charge on any atom is -0.462 e. The first kappa shape index (κ1) is 22.3. The van der Waals surface area contributed by atoms with Crippen LogP contribution in [0.25, 0.3) is 0 Å². The van der Waals surface area contributed by atoms with Crippen LogP contribution in [0.1, 0.15) is 24.2 Å². The molecule has 2 aromatic carbocycles. The third kappa shape index (κ3) is 4.83. The second-order valence-electron chi connectivity index (χ2n) is 6.01. The molecule has 0 saturated heterocycles. The van der Waals surface area contributed by atoms with Crippen molar-refractivity contribution in [1.82, 2.24) is 4.72 Å². The van der Waals surface area contributed by atoms with Gasteiger partial charge in [-0.1, -0.05) is 13.0 Å². The summed E-state index contributed by atoms with van der Waals surface area (Å²) in [7, 11) is -7.93. The highest BCUT2D eigenvalue weighted by Gasteiger charge is 2.28. The molecule has 0 saturated carbocycles. The molecule has 0 atom stereocenters. The van der Waals surface area contributed by atoms with Crippen molar-refractivity contribution in [2.45, 2.75) is 28.5 Å². The molecule has 0 aromatic heterocycles. The molecule has 2 aromatic rings. The molecule has 0 bridgehead atoms. The Morgan fingerprint density at radius 3 is 2.63 bits per heavy atom. The lowest BCUT2D eigenvalue weighted by molar-refractivity contribution is 0.0526. The number of hydrogen-bond acceptors (Lipinski definition) is 8. The van der Waals surface area contributed by atoms with Gasteiger partial charge in [0, 0.05) is 17.1 Å². The molecular weight excluding hydrogens is 450 g/mol. The number of rotatable bonds is 6. The number of carbonyl (C=O) groups is 1. The van der Waals surface area contributed by atoms with Crippen LogP contribution in [0.2, 0.25) is 0 Å². The highest BCUT2D eigenvalue weighted by atomic mass is 32.2. The van der Waals surface area contributed by atoms with Gasteiger partial charge in [-0.2, -0.15) is 8.42 Å². The first-order valence-electron chi connectivity index (χ1n) is 8.87. The SMILES string of the molecule is CCNS(=O)(=O)c1ccc2c(c1)S(=O)(=O)N=C(Nc1cccc(C(=O)OCC)c1)S2. The van der Waals surface area contributed by atoms with E-state index in [4.69, 9.17) is 4.74 Å². The van der Waals surface area contributed by atoms with Crippen LogP contribution in [0.5, 0.6) is 0 Å². The first-order valence-corrected chi connectivity index (χ1v) is 12.6. The molecule has 30 heavy (non-hydrogen) atoms. The standard InChI is InChI=1S/C18H19N3O6S3/c1-3-19-29(23,24)14-8-9-15-16(11-14)30(25,26)21-18(28-15)20-13-7-5-6-12(10-13)17(22)27-4-2/h5-11,19H,3-4H2,1-2H3,(H,20,21). The van der Waals surface area contributed by atoms with Crippen LogP contribution < -0.4 is 10.0 Å². The van der Waals surface area contributed by atoms with E-state index >= 15 is 0 Å². The van der Waals surface area contributed by atoms with Gasteiger partial charge in [0.25, 0.3) is 10.0 Å². The summed E-state index contributed by atoms with van der Waals surface area (Å²) < 4.78 is 60.6. The molecule has 0 fully saturated rings. The molecule has 3 rings (SSSR count). The maximum atomic E-state index is 12.6. The average Bonchev–Trinajstić information content (AvgIpc) is 2.67. The zero-order valence-corrected chi connectivity index (χ0v) is 18.5. The second-order valence-corrected chi connectivity index (χ2v) is 10.4. The predicted octanol–water partition coefficient (Wildman–Crippen LogP) is 2.42. The maximum absolute atomic E-state index is 12.6. The number of ether oxygens (including phenoxy) is 1. The van der Waals surface area contributed by atoms with Crippen molar-refractivity contribution in [2.75, 3.05) is 18.5 Å². The fraction of sp³-hybridized carbons (Fsp3) is 0.222. The summed E-state index contributed by atoms with van der Waals surface area (Å²) in [6.07, 6.45) is 0. The second kappa shape index (κ2) is 8.76. The van der Waals surface area contributed by atoms with Gasteiger partial charge in [0.15, 0.2) is 5.17 Å². The molecule has 0 spiro atoms. The van der Waals surface area contributed by atoms with E-state index in [0.717, 1.165) is 17.8 Å². The van der Waals surface area contributed by atoms with Gasteiger partial charge in [-0.25, -0.2) is 17.9 Å². The fourth-order valence-electron chi connectivity index (χ4n) is 2.61. The lowest BCUT2D eigenvalue weighted by Crippen LogP contribution is -2.24. The Hall–Kier alpha value is -2.41. The molecule has 2 N–H and O–H groups in total. The minimum atomic E-state index is -4.12. The molecule has 1 aliphatic rings. The van der Waals surface area contributed by atoms with Crippen LogP contribution in [0.3, 0.4) is 0 Å². The van der Waals surface area contributed by atoms with Crippen molar-refractivity contribution in [2.24, 2.45) is 4.40 Å². The summed E-state index contributed by atoms with van der Waals surface area (Å²) in [6.45, 7) is 3.74. The molecule has 0 amide bonds. The van der Waals surface area contributed by atoms with Gasteiger partial charge in [-0.05, 0) is 55.1 Å². The van der Waals surface area contributed by atoms with Crippen LogP contribution in [0, 0.1) is 0 Å². The summed E-state index contributed by atoms with van der Waals surface area (Å²) >= 11 is 1.04. The van der Waals surface area contributed by atoms with E-state index in [-0.39, 0.29) is 28.1 Å². The van der Waals surface area contributed by atoms with Crippen LogP contribution in [0.4, 0.5) is 5.69 Å². The number of amidine groups is 1. The Labute approximate surface area is 179 Å². The number of carbonyl (C=O) groups excluding carboxylic acids is 1. The van der Waals surface area contributed by atoms with Crippen LogP contribution in [-0.4, -0.2) is 41.1 Å². The van der Waals surface area contributed by atoms with E-state index < -0.39 is 26.0 Å². The summed E-state index contributed by atoms with van der Waals surface area (Å²) in [5.41, 5.74) is 0.765.